The van der Waals surface area contributed by atoms with E-state index in [0.29, 0.717) is 6.04 Å². The van der Waals surface area contributed by atoms with Gasteiger partial charge in [0.05, 0.1) is 0 Å². The molecule has 0 N–H and O–H groups in total. The summed E-state index contributed by atoms with van der Waals surface area (Å²) in [5.41, 5.74) is 1.18. The SMILES string of the molecule is CC(C)(C)N1CC(N2CCN(c3ccc(OC(F)(F)F)cc3)CC2)C1. The van der Waals surface area contributed by atoms with E-state index in [1.165, 1.54) is 12.1 Å². The first-order valence-electron chi connectivity index (χ1n) is 8.72. The van der Waals surface area contributed by atoms with E-state index in [-0.39, 0.29) is 11.3 Å². The number of piperazine rings is 1. The van der Waals surface area contributed by atoms with Crippen molar-refractivity contribution in [1.29, 1.82) is 0 Å². The zero-order valence-corrected chi connectivity index (χ0v) is 15.0. The van der Waals surface area contributed by atoms with Gasteiger partial charge in [0.1, 0.15) is 5.75 Å². The van der Waals surface area contributed by atoms with Crippen molar-refractivity contribution in [2.45, 2.75) is 38.7 Å². The molecule has 140 valence electrons. The van der Waals surface area contributed by atoms with Crippen LogP contribution in [0.4, 0.5) is 18.9 Å². The molecule has 2 saturated heterocycles. The standard InChI is InChI=1S/C18H26F3N3O/c1-17(2,3)24-12-15(13-24)23-10-8-22(9-11-23)14-4-6-16(7-5-14)25-18(19,20)21/h4-7,15H,8-13H2,1-3H3. The average Bonchev–Trinajstić information content (AvgIpc) is 2.44. The van der Waals surface area contributed by atoms with Crippen LogP contribution in [-0.4, -0.2) is 67.0 Å². The van der Waals surface area contributed by atoms with Gasteiger partial charge in [-0.2, -0.15) is 0 Å². The second-order valence-electron chi connectivity index (χ2n) is 7.79. The fourth-order valence-corrected chi connectivity index (χ4v) is 3.44. The van der Waals surface area contributed by atoms with Crippen LogP contribution in [0.5, 0.6) is 5.75 Å². The molecule has 0 bridgehead atoms. The number of nitrogens with zero attached hydrogens (tertiary/aromatic N) is 3. The molecule has 0 spiro atoms. The molecule has 0 amide bonds. The minimum absolute atomic E-state index is 0.174. The Balaban J connectivity index is 1.48. The van der Waals surface area contributed by atoms with E-state index < -0.39 is 6.36 Å². The second-order valence-corrected chi connectivity index (χ2v) is 7.79. The van der Waals surface area contributed by atoms with E-state index >= 15 is 0 Å². The van der Waals surface area contributed by atoms with Crippen LogP contribution >= 0.6 is 0 Å². The largest absolute Gasteiger partial charge is 0.573 e. The molecule has 3 rings (SSSR count). The molecule has 2 heterocycles. The number of alkyl halides is 3. The van der Waals surface area contributed by atoms with Gasteiger partial charge in [0.15, 0.2) is 0 Å². The monoisotopic (exact) mass is 357 g/mol. The number of halogens is 3. The van der Waals surface area contributed by atoms with E-state index in [0.717, 1.165) is 45.0 Å². The van der Waals surface area contributed by atoms with Crippen LogP contribution in [-0.2, 0) is 0 Å². The van der Waals surface area contributed by atoms with Crippen molar-refractivity contribution in [2.24, 2.45) is 0 Å². The molecule has 2 aliphatic rings. The van der Waals surface area contributed by atoms with Crippen molar-refractivity contribution in [2.75, 3.05) is 44.2 Å². The third kappa shape index (κ3) is 4.58. The highest BCUT2D eigenvalue weighted by Gasteiger charge is 2.38. The summed E-state index contributed by atoms with van der Waals surface area (Å²) in [6, 6.07) is 6.77. The highest BCUT2D eigenvalue weighted by molar-refractivity contribution is 5.49. The predicted octanol–water partition coefficient (Wildman–Crippen LogP) is 3.19. The summed E-state index contributed by atoms with van der Waals surface area (Å²) in [5.74, 6) is -0.174. The van der Waals surface area contributed by atoms with Gasteiger partial charge in [-0.15, -0.1) is 13.2 Å². The van der Waals surface area contributed by atoms with E-state index in [2.05, 4.69) is 40.2 Å². The molecular formula is C18H26F3N3O. The molecule has 0 aliphatic carbocycles. The quantitative estimate of drug-likeness (QED) is 0.827. The molecule has 7 heteroatoms. The first-order valence-corrected chi connectivity index (χ1v) is 8.72. The van der Waals surface area contributed by atoms with Gasteiger partial charge in [0, 0.05) is 56.5 Å². The van der Waals surface area contributed by atoms with Crippen LogP contribution < -0.4 is 9.64 Å². The number of ether oxygens (including phenoxy) is 1. The van der Waals surface area contributed by atoms with Gasteiger partial charge >= 0.3 is 6.36 Å². The van der Waals surface area contributed by atoms with E-state index in [1.807, 2.05) is 0 Å². The van der Waals surface area contributed by atoms with Gasteiger partial charge in [-0.1, -0.05) is 0 Å². The smallest absolute Gasteiger partial charge is 0.406 e. The van der Waals surface area contributed by atoms with E-state index in [4.69, 9.17) is 0 Å². The molecule has 2 fully saturated rings. The first kappa shape index (κ1) is 18.3. The van der Waals surface area contributed by atoms with Crippen LogP contribution in [0.2, 0.25) is 0 Å². The molecule has 0 radical (unpaired) electrons. The Morgan fingerprint density at radius 3 is 1.96 bits per heavy atom. The normalized spacial score (nSPS) is 21.3. The average molecular weight is 357 g/mol. The van der Waals surface area contributed by atoms with Crippen LogP contribution in [0.3, 0.4) is 0 Å². The summed E-state index contributed by atoms with van der Waals surface area (Å²) in [7, 11) is 0. The summed E-state index contributed by atoms with van der Waals surface area (Å²) < 4.78 is 40.6. The van der Waals surface area contributed by atoms with E-state index in [9.17, 15) is 13.2 Å². The number of hydrogen-bond acceptors (Lipinski definition) is 4. The molecule has 0 atom stereocenters. The van der Waals surface area contributed by atoms with Crippen molar-refractivity contribution >= 4 is 5.69 Å². The Bertz CT molecular complexity index is 569. The summed E-state index contributed by atoms with van der Waals surface area (Å²) >= 11 is 0. The number of hydrogen-bond donors (Lipinski definition) is 0. The third-order valence-corrected chi connectivity index (χ3v) is 5.08. The Kier molecular flexibility index (Phi) is 4.90. The highest BCUT2D eigenvalue weighted by atomic mass is 19.4. The maximum atomic E-state index is 12.2. The van der Waals surface area contributed by atoms with Crippen LogP contribution in [0, 0.1) is 0 Å². The topological polar surface area (TPSA) is 19.0 Å². The Morgan fingerprint density at radius 2 is 1.48 bits per heavy atom. The molecule has 1 aromatic rings. The molecule has 2 aliphatic heterocycles. The van der Waals surface area contributed by atoms with Gasteiger partial charge in [0.2, 0.25) is 0 Å². The maximum absolute atomic E-state index is 12.2. The molecular weight excluding hydrogens is 331 g/mol. The zero-order chi connectivity index (χ0) is 18.2. The number of likely N-dealkylation sites (tertiary alicyclic amines) is 1. The van der Waals surface area contributed by atoms with Crippen molar-refractivity contribution in [1.82, 2.24) is 9.80 Å². The van der Waals surface area contributed by atoms with Crippen LogP contribution in [0.15, 0.2) is 24.3 Å². The van der Waals surface area contributed by atoms with Gasteiger partial charge in [0.25, 0.3) is 0 Å². The Morgan fingerprint density at radius 1 is 0.920 bits per heavy atom. The van der Waals surface area contributed by atoms with Crippen molar-refractivity contribution in [3.05, 3.63) is 24.3 Å². The summed E-state index contributed by atoms with van der Waals surface area (Å²) in [4.78, 5) is 7.23. The van der Waals surface area contributed by atoms with Gasteiger partial charge in [-0.05, 0) is 45.0 Å². The lowest BCUT2D eigenvalue weighted by Gasteiger charge is -2.53. The van der Waals surface area contributed by atoms with Crippen molar-refractivity contribution in [3.63, 3.8) is 0 Å². The zero-order valence-electron chi connectivity index (χ0n) is 15.0. The fourth-order valence-electron chi connectivity index (χ4n) is 3.44. The molecule has 4 nitrogen and oxygen atoms in total. The second kappa shape index (κ2) is 6.68. The third-order valence-electron chi connectivity index (χ3n) is 5.08. The Labute approximate surface area is 147 Å². The van der Waals surface area contributed by atoms with E-state index in [1.54, 1.807) is 12.1 Å². The van der Waals surface area contributed by atoms with Crippen molar-refractivity contribution in [3.8, 4) is 5.75 Å². The lowest BCUT2D eigenvalue weighted by atomic mass is 9.96. The van der Waals surface area contributed by atoms with Crippen molar-refractivity contribution < 1.29 is 17.9 Å². The van der Waals surface area contributed by atoms with Gasteiger partial charge in [-0.25, -0.2) is 0 Å². The minimum atomic E-state index is -4.64. The number of benzene rings is 1. The maximum Gasteiger partial charge on any atom is 0.573 e. The number of rotatable bonds is 3. The Hall–Kier alpha value is -1.47. The molecule has 0 unspecified atom stereocenters. The lowest BCUT2D eigenvalue weighted by molar-refractivity contribution is -0.274. The fraction of sp³-hybridized carbons (Fsp3) is 0.667. The summed E-state index contributed by atoms with van der Waals surface area (Å²) in [5, 5.41) is 0. The summed E-state index contributed by atoms with van der Waals surface area (Å²) in [6.07, 6.45) is -4.64. The van der Waals surface area contributed by atoms with Crippen LogP contribution in [0.25, 0.3) is 0 Å². The molecule has 1 aromatic carbocycles. The molecule has 0 aromatic heterocycles. The van der Waals surface area contributed by atoms with Gasteiger partial charge in [-0.3, -0.25) is 9.80 Å². The summed E-state index contributed by atoms with van der Waals surface area (Å²) in [6.45, 7) is 12.7. The molecule has 25 heavy (non-hydrogen) atoms. The predicted molar refractivity (Wildman–Crippen MR) is 92.0 cm³/mol. The number of anilines is 1. The lowest BCUT2D eigenvalue weighted by Crippen LogP contribution is -2.66. The van der Waals surface area contributed by atoms with Gasteiger partial charge < -0.3 is 9.64 Å². The van der Waals surface area contributed by atoms with Crippen LogP contribution in [0.1, 0.15) is 20.8 Å². The minimum Gasteiger partial charge on any atom is -0.406 e. The first-order chi connectivity index (χ1) is 11.6. The highest BCUT2D eigenvalue weighted by Crippen LogP contribution is 2.28. The molecule has 0 saturated carbocycles.